The van der Waals surface area contributed by atoms with Crippen LogP contribution >= 0.6 is 0 Å². The first-order chi connectivity index (χ1) is 12.3. The second-order valence-corrected chi connectivity index (χ2v) is 5.95. The van der Waals surface area contributed by atoms with Crippen molar-refractivity contribution in [3.05, 3.63) is 59.4 Å². The molecular formula is C18H15F4NO3. The van der Waals surface area contributed by atoms with E-state index in [0.717, 1.165) is 12.1 Å². The van der Waals surface area contributed by atoms with Gasteiger partial charge in [0, 0.05) is 5.56 Å². The van der Waals surface area contributed by atoms with Crippen molar-refractivity contribution < 1.29 is 32.2 Å². The normalized spacial score (nSPS) is 20.2. The molecule has 0 aromatic heterocycles. The standard InChI is InChI=1S/C18H15F4NO3/c19-12-5-6-14(18(20,21)22)13(7-12)10-1-3-11(4-2-10)17(25)23-15-8-26-9-16(15)24/h1-7,15-16,24H,8-9H2,(H,23,25)/t15-,16-/m0/s1. The van der Waals surface area contributed by atoms with E-state index < -0.39 is 35.6 Å². The van der Waals surface area contributed by atoms with Crippen LogP contribution in [0.2, 0.25) is 0 Å². The summed E-state index contributed by atoms with van der Waals surface area (Å²) < 4.78 is 57.8. The van der Waals surface area contributed by atoms with Crippen LogP contribution in [0.3, 0.4) is 0 Å². The Morgan fingerprint density at radius 3 is 2.38 bits per heavy atom. The van der Waals surface area contributed by atoms with Gasteiger partial charge in [0.05, 0.1) is 30.9 Å². The number of benzene rings is 2. The fourth-order valence-corrected chi connectivity index (χ4v) is 2.74. The lowest BCUT2D eigenvalue weighted by Gasteiger charge is -2.15. The summed E-state index contributed by atoms with van der Waals surface area (Å²) in [6, 6.07) is 7.04. The van der Waals surface area contributed by atoms with E-state index in [1.165, 1.54) is 24.3 Å². The van der Waals surface area contributed by atoms with E-state index in [-0.39, 0.29) is 29.9 Å². The molecule has 2 atom stereocenters. The van der Waals surface area contributed by atoms with Gasteiger partial charge in [-0.1, -0.05) is 12.1 Å². The molecule has 1 heterocycles. The highest BCUT2D eigenvalue weighted by Crippen LogP contribution is 2.37. The van der Waals surface area contributed by atoms with Crippen molar-refractivity contribution in [2.45, 2.75) is 18.3 Å². The molecule has 4 nitrogen and oxygen atoms in total. The molecule has 0 aliphatic carbocycles. The van der Waals surface area contributed by atoms with Crippen LogP contribution in [0.4, 0.5) is 17.6 Å². The van der Waals surface area contributed by atoms with E-state index in [9.17, 15) is 27.5 Å². The van der Waals surface area contributed by atoms with Gasteiger partial charge in [-0.2, -0.15) is 13.2 Å². The van der Waals surface area contributed by atoms with Gasteiger partial charge in [-0.05, 0) is 41.5 Å². The van der Waals surface area contributed by atoms with Crippen molar-refractivity contribution >= 4 is 5.91 Å². The summed E-state index contributed by atoms with van der Waals surface area (Å²) >= 11 is 0. The van der Waals surface area contributed by atoms with E-state index in [1.807, 2.05) is 0 Å². The van der Waals surface area contributed by atoms with E-state index in [1.54, 1.807) is 0 Å². The molecule has 1 aliphatic heterocycles. The number of nitrogens with one attached hydrogen (secondary N) is 1. The first-order valence-corrected chi connectivity index (χ1v) is 7.79. The molecule has 1 aliphatic rings. The van der Waals surface area contributed by atoms with Gasteiger partial charge in [-0.25, -0.2) is 4.39 Å². The quantitative estimate of drug-likeness (QED) is 0.818. The van der Waals surface area contributed by atoms with E-state index >= 15 is 0 Å². The van der Waals surface area contributed by atoms with Gasteiger partial charge in [0.2, 0.25) is 0 Å². The zero-order chi connectivity index (χ0) is 18.9. The average molecular weight is 369 g/mol. The fourth-order valence-electron chi connectivity index (χ4n) is 2.74. The first-order valence-electron chi connectivity index (χ1n) is 7.79. The predicted molar refractivity (Wildman–Crippen MR) is 84.9 cm³/mol. The van der Waals surface area contributed by atoms with Crippen LogP contribution in [0.15, 0.2) is 42.5 Å². The van der Waals surface area contributed by atoms with Crippen LogP contribution in [0.25, 0.3) is 11.1 Å². The van der Waals surface area contributed by atoms with Crippen LogP contribution in [-0.2, 0) is 10.9 Å². The molecule has 3 rings (SSSR count). The Bertz CT molecular complexity index is 805. The van der Waals surface area contributed by atoms with Crippen LogP contribution in [0.5, 0.6) is 0 Å². The van der Waals surface area contributed by atoms with E-state index in [4.69, 9.17) is 4.74 Å². The molecule has 2 N–H and O–H groups in total. The molecule has 0 unspecified atom stereocenters. The molecule has 1 fully saturated rings. The van der Waals surface area contributed by atoms with Crippen LogP contribution in [0, 0.1) is 5.82 Å². The number of hydrogen-bond donors (Lipinski definition) is 2. The minimum atomic E-state index is -4.63. The second-order valence-electron chi connectivity index (χ2n) is 5.95. The molecule has 0 saturated carbocycles. The van der Waals surface area contributed by atoms with Crippen molar-refractivity contribution in [1.82, 2.24) is 5.32 Å². The predicted octanol–water partition coefficient (Wildman–Crippen LogP) is 3.00. The third kappa shape index (κ3) is 3.86. The topological polar surface area (TPSA) is 58.6 Å². The molecule has 138 valence electrons. The zero-order valence-electron chi connectivity index (χ0n) is 13.4. The van der Waals surface area contributed by atoms with Crippen molar-refractivity contribution in [3.63, 3.8) is 0 Å². The SMILES string of the molecule is O=C(N[C@H]1COC[C@@H]1O)c1ccc(-c2cc(F)ccc2C(F)(F)F)cc1. The van der Waals surface area contributed by atoms with Crippen molar-refractivity contribution in [2.75, 3.05) is 13.2 Å². The minimum absolute atomic E-state index is 0.129. The lowest BCUT2D eigenvalue weighted by molar-refractivity contribution is -0.137. The summed E-state index contributed by atoms with van der Waals surface area (Å²) in [7, 11) is 0. The van der Waals surface area contributed by atoms with Gasteiger partial charge in [-0.3, -0.25) is 4.79 Å². The Hall–Kier alpha value is -2.45. The molecule has 0 radical (unpaired) electrons. The van der Waals surface area contributed by atoms with Crippen LogP contribution in [-0.4, -0.2) is 36.4 Å². The van der Waals surface area contributed by atoms with Gasteiger partial charge in [-0.15, -0.1) is 0 Å². The second kappa shape index (κ2) is 7.05. The summed E-state index contributed by atoms with van der Waals surface area (Å²) in [5.74, 6) is -1.27. The summed E-state index contributed by atoms with van der Waals surface area (Å²) in [4.78, 5) is 12.2. The lowest BCUT2D eigenvalue weighted by atomic mass is 9.98. The maximum Gasteiger partial charge on any atom is 0.417 e. The minimum Gasteiger partial charge on any atom is -0.388 e. The summed E-state index contributed by atoms with van der Waals surface area (Å²) in [6.45, 7) is 0.312. The lowest BCUT2D eigenvalue weighted by Crippen LogP contribution is -2.42. The number of carbonyl (C=O) groups excluding carboxylic acids is 1. The maximum atomic E-state index is 13.4. The van der Waals surface area contributed by atoms with E-state index in [0.29, 0.717) is 6.07 Å². The number of rotatable bonds is 3. The number of ether oxygens (including phenoxy) is 1. The van der Waals surface area contributed by atoms with Crippen molar-refractivity contribution in [2.24, 2.45) is 0 Å². The first kappa shape index (κ1) is 18.3. The number of aliphatic hydroxyl groups excluding tert-OH is 1. The monoisotopic (exact) mass is 369 g/mol. The number of carbonyl (C=O) groups is 1. The third-order valence-electron chi connectivity index (χ3n) is 4.11. The maximum absolute atomic E-state index is 13.4. The highest BCUT2D eigenvalue weighted by molar-refractivity contribution is 5.95. The smallest absolute Gasteiger partial charge is 0.388 e. The summed E-state index contributed by atoms with van der Waals surface area (Å²) in [5.41, 5.74) is -0.915. The summed E-state index contributed by atoms with van der Waals surface area (Å²) in [6.07, 6.45) is -5.43. The number of aliphatic hydroxyl groups is 1. The summed E-state index contributed by atoms with van der Waals surface area (Å²) in [5, 5.41) is 12.2. The molecule has 0 spiro atoms. The van der Waals surface area contributed by atoms with E-state index in [2.05, 4.69) is 5.32 Å². The Labute approximate surface area is 146 Å². The number of hydrogen-bond acceptors (Lipinski definition) is 3. The largest absolute Gasteiger partial charge is 0.417 e. The van der Waals surface area contributed by atoms with Gasteiger partial charge in [0.15, 0.2) is 0 Å². The van der Waals surface area contributed by atoms with Crippen molar-refractivity contribution in [1.29, 1.82) is 0 Å². The Morgan fingerprint density at radius 2 is 1.81 bits per heavy atom. The van der Waals surface area contributed by atoms with Crippen LogP contribution < -0.4 is 5.32 Å². The molecular weight excluding hydrogens is 354 g/mol. The Morgan fingerprint density at radius 1 is 1.12 bits per heavy atom. The molecule has 2 aromatic rings. The third-order valence-corrected chi connectivity index (χ3v) is 4.11. The number of halogens is 4. The average Bonchev–Trinajstić information content (AvgIpc) is 2.98. The Kier molecular flexibility index (Phi) is 4.97. The fraction of sp³-hybridized carbons (Fsp3) is 0.278. The molecule has 26 heavy (non-hydrogen) atoms. The number of alkyl halides is 3. The molecule has 1 saturated heterocycles. The molecule has 1 amide bonds. The molecule has 8 heteroatoms. The van der Waals surface area contributed by atoms with Gasteiger partial charge >= 0.3 is 6.18 Å². The van der Waals surface area contributed by atoms with Gasteiger partial charge in [0.25, 0.3) is 5.91 Å². The van der Waals surface area contributed by atoms with Gasteiger partial charge < -0.3 is 15.2 Å². The highest BCUT2D eigenvalue weighted by atomic mass is 19.4. The highest BCUT2D eigenvalue weighted by Gasteiger charge is 2.34. The molecule has 0 bridgehead atoms. The van der Waals surface area contributed by atoms with Crippen molar-refractivity contribution in [3.8, 4) is 11.1 Å². The van der Waals surface area contributed by atoms with Crippen LogP contribution in [0.1, 0.15) is 15.9 Å². The Balaban J connectivity index is 1.84. The zero-order valence-corrected chi connectivity index (χ0v) is 13.4. The van der Waals surface area contributed by atoms with Gasteiger partial charge in [0.1, 0.15) is 5.82 Å². The molecule has 2 aromatic carbocycles. The number of amides is 1.